The minimum absolute atomic E-state index is 0.0278. The Bertz CT molecular complexity index is 116. The van der Waals surface area contributed by atoms with Crippen LogP contribution in [-0.4, -0.2) is 22.9 Å². The van der Waals surface area contributed by atoms with Crippen LogP contribution in [0.5, 0.6) is 0 Å². The zero-order chi connectivity index (χ0) is 7.33. The van der Waals surface area contributed by atoms with Crippen LogP contribution in [0, 0.1) is 0 Å². The predicted octanol–water partition coefficient (Wildman–Crippen LogP) is -0.337. The van der Waals surface area contributed by atoms with E-state index in [4.69, 9.17) is 10.00 Å². The molecule has 56 valence electrons. The van der Waals surface area contributed by atoms with Crippen molar-refractivity contribution in [3.05, 3.63) is 0 Å². The molecule has 0 fully saturated rings. The Kier molecular flexibility index (Phi) is 4.01. The van der Waals surface area contributed by atoms with Gasteiger partial charge in [0, 0.05) is 6.16 Å². The van der Waals surface area contributed by atoms with E-state index in [9.17, 15) is 4.57 Å². The molecule has 9 heavy (non-hydrogen) atoms. The van der Waals surface area contributed by atoms with E-state index in [2.05, 4.69) is 4.62 Å². The molecule has 0 aromatic rings. The van der Waals surface area contributed by atoms with Crippen LogP contribution in [0.3, 0.4) is 0 Å². The van der Waals surface area contributed by atoms with Gasteiger partial charge in [-0.3, -0.25) is 4.57 Å². The largest absolute Gasteiger partial charge is 0.379 e. The molecule has 0 amide bonds. The third kappa shape index (κ3) is 4.57. The second-order valence-corrected chi connectivity index (χ2v) is 3.44. The Balaban J connectivity index is 3.46. The summed E-state index contributed by atoms with van der Waals surface area (Å²) in [6.45, 7) is 1.05. The first kappa shape index (κ1) is 9.07. The van der Waals surface area contributed by atoms with Gasteiger partial charge in [-0.25, -0.2) is 4.62 Å². The average Bonchev–Trinajstić information content (AvgIpc) is 1.84. The maximum Gasteiger partial charge on any atom is 0.344 e. The highest BCUT2D eigenvalue weighted by molar-refractivity contribution is 7.52. The predicted molar refractivity (Wildman–Crippen MR) is 31.7 cm³/mol. The fraction of sp³-hybridized carbons (Fsp3) is 1.00. The molecule has 0 heterocycles. The standard InChI is InChI=1S/C3H10NO4P/c1-2-9(6,7)8-4-3-5/h4-5H,2-3H2,1H3,(H,6,7). The molecule has 0 saturated heterocycles. The first-order valence-electron chi connectivity index (χ1n) is 2.46. The molecular weight excluding hydrogens is 145 g/mol. The molecule has 1 atom stereocenters. The number of hydroxylamine groups is 1. The van der Waals surface area contributed by atoms with Crippen LogP contribution in [0.2, 0.25) is 0 Å². The fourth-order valence-electron chi connectivity index (χ4n) is 0.194. The number of hydrogen-bond acceptors (Lipinski definition) is 4. The summed E-state index contributed by atoms with van der Waals surface area (Å²) in [5.74, 6) is 0. The number of hydrogen-bond donors (Lipinski definition) is 3. The molecule has 0 radical (unpaired) electrons. The molecule has 0 saturated carbocycles. The van der Waals surface area contributed by atoms with Crippen molar-refractivity contribution in [3.8, 4) is 0 Å². The zero-order valence-corrected chi connectivity index (χ0v) is 5.97. The van der Waals surface area contributed by atoms with Crippen LogP contribution in [0.15, 0.2) is 0 Å². The molecule has 0 aliphatic heterocycles. The zero-order valence-electron chi connectivity index (χ0n) is 5.07. The van der Waals surface area contributed by atoms with Crippen LogP contribution >= 0.6 is 7.60 Å². The van der Waals surface area contributed by atoms with Crippen molar-refractivity contribution >= 4 is 7.60 Å². The van der Waals surface area contributed by atoms with Crippen molar-refractivity contribution in [3.63, 3.8) is 0 Å². The molecule has 0 spiro atoms. The molecule has 0 aliphatic carbocycles. The van der Waals surface area contributed by atoms with Crippen molar-refractivity contribution in [1.29, 1.82) is 0 Å². The third-order valence-corrected chi connectivity index (χ3v) is 1.88. The topological polar surface area (TPSA) is 78.8 Å². The van der Waals surface area contributed by atoms with Gasteiger partial charge in [-0.2, -0.15) is 5.48 Å². The van der Waals surface area contributed by atoms with Crippen LogP contribution < -0.4 is 5.48 Å². The second kappa shape index (κ2) is 3.98. The Morgan fingerprint density at radius 3 is 2.67 bits per heavy atom. The summed E-state index contributed by atoms with van der Waals surface area (Å²) in [6.07, 6.45) is 0.0278. The molecule has 0 aromatic heterocycles. The average molecular weight is 155 g/mol. The smallest absolute Gasteiger partial charge is 0.344 e. The summed E-state index contributed by atoms with van der Waals surface area (Å²) in [7, 11) is -3.46. The van der Waals surface area contributed by atoms with Gasteiger partial charge in [0.25, 0.3) is 0 Å². The summed E-state index contributed by atoms with van der Waals surface area (Å²) >= 11 is 0. The van der Waals surface area contributed by atoms with E-state index in [-0.39, 0.29) is 6.16 Å². The van der Waals surface area contributed by atoms with Crippen molar-refractivity contribution in [2.24, 2.45) is 0 Å². The maximum absolute atomic E-state index is 10.5. The minimum atomic E-state index is -3.46. The van der Waals surface area contributed by atoms with E-state index in [0.717, 1.165) is 0 Å². The lowest BCUT2D eigenvalue weighted by Crippen LogP contribution is -2.13. The van der Waals surface area contributed by atoms with Gasteiger partial charge in [0.1, 0.15) is 6.73 Å². The number of nitrogens with one attached hydrogen (secondary N) is 1. The number of aliphatic hydroxyl groups excluding tert-OH is 1. The Labute approximate surface area is 53.1 Å². The number of rotatable bonds is 4. The Morgan fingerprint density at radius 1 is 1.78 bits per heavy atom. The minimum Gasteiger partial charge on any atom is -0.379 e. The molecular formula is C3H10NO4P. The van der Waals surface area contributed by atoms with Gasteiger partial charge in [0.05, 0.1) is 0 Å². The second-order valence-electron chi connectivity index (χ2n) is 1.35. The van der Waals surface area contributed by atoms with E-state index in [1.165, 1.54) is 6.92 Å². The molecule has 1 unspecified atom stereocenters. The van der Waals surface area contributed by atoms with E-state index < -0.39 is 14.3 Å². The summed E-state index contributed by atoms with van der Waals surface area (Å²) in [6, 6.07) is 0. The van der Waals surface area contributed by atoms with E-state index in [0.29, 0.717) is 0 Å². The monoisotopic (exact) mass is 155 g/mol. The lowest BCUT2D eigenvalue weighted by atomic mass is 11.0. The van der Waals surface area contributed by atoms with Gasteiger partial charge < -0.3 is 10.00 Å². The molecule has 0 aliphatic rings. The van der Waals surface area contributed by atoms with Gasteiger partial charge in [-0.05, 0) is 0 Å². The fourth-order valence-corrected chi connectivity index (χ4v) is 0.583. The Hall–Kier alpha value is 0.0700. The highest BCUT2D eigenvalue weighted by atomic mass is 31.2. The van der Waals surface area contributed by atoms with Gasteiger partial charge in [0.15, 0.2) is 0 Å². The lowest BCUT2D eigenvalue weighted by molar-refractivity contribution is 0.0887. The van der Waals surface area contributed by atoms with Crippen LogP contribution in [0.25, 0.3) is 0 Å². The number of aliphatic hydroxyl groups is 1. The van der Waals surface area contributed by atoms with E-state index in [1.54, 1.807) is 0 Å². The highest BCUT2D eigenvalue weighted by Crippen LogP contribution is 2.39. The van der Waals surface area contributed by atoms with Gasteiger partial charge in [-0.15, -0.1) is 0 Å². The maximum atomic E-state index is 10.5. The van der Waals surface area contributed by atoms with Crippen LogP contribution in [-0.2, 0) is 9.19 Å². The van der Waals surface area contributed by atoms with Crippen molar-refractivity contribution in [2.75, 3.05) is 12.9 Å². The van der Waals surface area contributed by atoms with E-state index >= 15 is 0 Å². The van der Waals surface area contributed by atoms with E-state index in [1.807, 2.05) is 5.48 Å². The van der Waals surface area contributed by atoms with Crippen LogP contribution in [0.4, 0.5) is 0 Å². The normalized spacial score (nSPS) is 17.2. The van der Waals surface area contributed by atoms with Gasteiger partial charge in [-0.1, -0.05) is 6.92 Å². The molecule has 0 aromatic carbocycles. The lowest BCUT2D eigenvalue weighted by Gasteiger charge is -2.07. The van der Waals surface area contributed by atoms with Crippen molar-refractivity contribution < 1.29 is 19.2 Å². The Morgan fingerprint density at radius 2 is 2.33 bits per heavy atom. The first-order valence-corrected chi connectivity index (χ1v) is 4.23. The summed E-state index contributed by atoms with van der Waals surface area (Å²) < 4.78 is 14.6. The first-order chi connectivity index (χ1) is 4.12. The van der Waals surface area contributed by atoms with Gasteiger partial charge in [0.2, 0.25) is 0 Å². The molecule has 0 rings (SSSR count). The molecule has 0 bridgehead atoms. The van der Waals surface area contributed by atoms with Crippen molar-refractivity contribution in [1.82, 2.24) is 5.48 Å². The summed E-state index contributed by atoms with van der Waals surface area (Å²) in [5.41, 5.74) is 1.88. The molecule has 5 nitrogen and oxygen atoms in total. The van der Waals surface area contributed by atoms with Gasteiger partial charge >= 0.3 is 7.60 Å². The molecule has 6 heteroatoms. The van der Waals surface area contributed by atoms with Crippen LogP contribution in [0.1, 0.15) is 6.92 Å². The SMILES string of the molecule is CCP(=O)(O)ONCO. The summed E-state index contributed by atoms with van der Waals surface area (Å²) in [4.78, 5) is 8.61. The third-order valence-electron chi connectivity index (χ3n) is 0.671. The van der Waals surface area contributed by atoms with Crippen molar-refractivity contribution in [2.45, 2.75) is 6.92 Å². The highest BCUT2D eigenvalue weighted by Gasteiger charge is 2.14. The summed E-state index contributed by atoms with van der Waals surface area (Å²) in [5, 5.41) is 8.06. The quantitative estimate of drug-likeness (QED) is 0.294. The molecule has 3 N–H and O–H groups in total.